The number of carbonyl (C=O) groups excluding carboxylic acids is 1. The van der Waals surface area contributed by atoms with Gasteiger partial charge in [-0.15, -0.1) is 0 Å². The Bertz CT molecular complexity index is 585. The Morgan fingerprint density at radius 3 is 2.43 bits per heavy atom. The second-order valence-corrected chi connectivity index (χ2v) is 6.44. The molecule has 0 bridgehead atoms. The lowest BCUT2D eigenvalue weighted by Gasteiger charge is -2.35. The van der Waals surface area contributed by atoms with E-state index in [0.29, 0.717) is 18.8 Å². The third-order valence-electron chi connectivity index (χ3n) is 4.15. The molecule has 1 saturated carbocycles. The van der Waals surface area contributed by atoms with Gasteiger partial charge in [-0.2, -0.15) is 18.3 Å². The van der Waals surface area contributed by atoms with Gasteiger partial charge in [0, 0.05) is 24.7 Å². The maximum Gasteiger partial charge on any atom is 0.435 e. The lowest BCUT2D eigenvalue weighted by atomic mass is 10.2. The zero-order chi connectivity index (χ0) is 16.8. The van der Waals surface area contributed by atoms with Crippen molar-refractivity contribution in [2.24, 2.45) is 0 Å². The number of alkyl halides is 3. The van der Waals surface area contributed by atoms with E-state index >= 15 is 0 Å². The molecule has 1 saturated heterocycles. The van der Waals surface area contributed by atoms with Crippen LogP contribution in [-0.2, 0) is 22.3 Å². The zero-order valence-electron chi connectivity index (χ0n) is 13.1. The van der Waals surface area contributed by atoms with Gasteiger partial charge in [0.05, 0.1) is 12.2 Å². The van der Waals surface area contributed by atoms with Crippen LogP contribution in [0.25, 0.3) is 0 Å². The number of carbonyl (C=O) groups is 1. The molecule has 23 heavy (non-hydrogen) atoms. The summed E-state index contributed by atoms with van der Waals surface area (Å²) in [7, 11) is 0. The molecule has 1 aliphatic carbocycles. The molecule has 2 heterocycles. The molecular formula is C15H20F3N3O2. The van der Waals surface area contributed by atoms with Crippen molar-refractivity contribution >= 4 is 5.91 Å². The summed E-state index contributed by atoms with van der Waals surface area (Å²) in [6.45, 7) is 4.51. The summed E-state index contributed by atoms with van der Waals surface area (Å²) < 4.78 is 45.4. The predicted octanol–water partition coefficient (Wildman–Crippen LogP) is 2.42. The zero-order valence-corrected chi connectivity index (χ0v) is 13.1. The first kappa shape index (κ1) is 16.3. The Hall–Kier alpha value is -1.57. The van der Waals surface area contributed by atoms with Gasteiger partial charge >= 0.3 is 6.18 Å². The van der Waals surface area contributed by atoms with E-state index < -0.39 is 11.9 Å². The Kier molecular flexibility index (Phi) is 4.12. The Morgan fingerprint density at radius 1 is 1.30 bits per heavy atom. The van der Waals surface area contributed by atoms with E-state index in [0.717, 1.165) is 18.9 Å². The summed E-state index contributed by atoms with van der Waals surface area (Å²) >= 11 is 0. The monoisotopic (exact) mass is 331 g/mol. The summed E-state index contributed by atoms with van der Waals surface area (Å²) in [4.78, 5) is 14.1. The van der Waals surface area contributed by atoms with Gasteiger partial charge in [0.25, 0.3) is 0 Å². The molecule has 1 amide bonds. The van der Waals surface area contributed by atoms with Crippen LogP contribution in [0.3, 0.4) is 0 Å². The van der Waals surface area contributed by atoms with Gasteiger partial charge in [0.2, 0.25) is 5.91 Å². The van der Waals surface area contributed by atoms with Crippen LogP contribution in [0.2, 0.25) is 0 Å². The molecule has 0 aromatic carbocycles. The molecule has 0 radical (unpaired) electrons. The minimum absolute atomic E-state index is 0.0750. The fraction of sp³-hybridized carbons (Fsp3) is 0.733. The van der Waals surface area contributed by atoms with Crippen molar-refractivity contribution in [3.8, 4) is 0 Å². The number of halogens is 3. The number of amides is 1. The minimum atomic E-state index is -4.49. The van der Waals surface area contributed by atoms with Crippen LogP contribution < -0.4 is 0 Å². The third-order valence-corrected chi connectivity index (χ3v) is 4.15. The average Bonchev–Trinajstić information content (AvgIpc) is 3.17. The van der Waals surface area contributed by atoms with Crippen LogP contribution in [0.15, 0.2) is 6.07 Å². The van der Waals surface area contributed by atoms with Crippen molar-refractivity contribution in [1.82, 2.24) is 14.7 Å². The quantitative estimate of drug-likeness (QED) is 0.855. The minimum Gasteiger partial charge on any atom is -0.372 e. The fourth-order valence-electron chi connectivity index (χ4n) is 3.01. The van der Waals surface area contributed by atoms with Crippen molar-refractivity contribution < 1.29 is 22.7 Å². The second-order valence-electron chi connectivity index (χ2n) is 6.44. The summed E-state index contributed by atoms with van der Waals surface area (Å²) in [5, 5.41) is 3.63. The third kappa shape index (κ3) is 3.68. The summed E-state index contributed by atoms with van der Waals surface area (Å²) in [6, 6.07) is 1.08. The fourth-order valence-corrected chi connectivity index (χ4v) is 3.01. The molecule has 0 N–H and O–H groups in total. The molecule has 8 heteroatoms. The molecule has 0 unspecified atom stereocenters. The molecule has 1 aliphatic heterocycles. The van der Waals surface area contributed by atoms with Gasteiger partial charge in [0.1, 0.15) is 6.54 Å². The predicted molar refractivity (Wildman–Crippen MR) is 75.8 cm³/mol. The van der Waals surface area contributed by atoms with Crippen molar-refractivity contribution in [2.45, 2.75) is 57.5 Å². The molecule has 2 aliphatic rings. The SMILES string of the molecule is C[C@@H]1CN(C(=O)Cn2nc(C(F)(F)F)cc2C2CC2)C[C@H](C)O1. The highest BCUT2D eigenvalue weighted by Crippen LogP contribution is 2.42. The molecular weight excluding hydrogens is 311 g/mol. The molecule has 1 aromatic rings. The van der Waals surface area contributed by atoms with E-state index in [9.17, 15) is 18.0 Å². The molecule has 2 atom stereocenters. The van der Waals surface area contributed by atoms with Gasteiger partial charge < -0.3 is 9.64 Å². The summed E-state index contributed by atoms with van der Waals surface area (Å²) in [5.41, 5.74) is -0.407. The van der Waals surface area contributed by atoms with Crippen molar-refractivity contribution in [3.63, 3.8) is 0 Å². The van der Waals surface area contributed by atoms with Gasteiger partial charge in [-0.25, -0.2) is 0 Å². The average molecular weight is 331 g/mol. The molecule has 0 spiro atoms. The van der Waals surface area contributed by atoms with Gasteiger partial charge in [-0.3, -0.25) is 9.48 Å². The van der Waals surface area contributed by atoms with Crippen LogP contribution in [0.4, 0.5) is 13.2 Å². The van der Waals surface area contributed by atoms with Crippen molar-refractivity contribution in [1.29, 1.82) is 0 Å². The van der Waals surface area contributed by atoms with Gasteiger partial charge in [0.15, 0.2) is 5.69 Å². The Morgan fingerprint density at radius 2 is 1.91 bits per heavy atom. The summed E-state index contributed by atoms with van der Waals surface area (Å²) in [6.07, 6.45) is -2.94. The van der Waals surface area contributed by atoms with E-state index in [-0.39, 0.29) is 30.6 Å². The van der Waals surface area contributed by atoms with Gasteiger partial charge in [-0.1, -0.05) is 0 Å². The van der Waals surface area contributed by atoms with Crippen LogP contribution in [0, 0.1) is 0 Å². The number of aromatic nitrogens is 2. The maximum atomic E-state index is 12.9. The number of ether oxygens (including phenoxy) is 1. The number of hydrogen-bond donors (Lipinski definition) is 0. The first-order valence-electron chi connectivity index (χ1n) is 7.82. The van der Waals surface area contributed by atoms with Crippen LogP contribution >= 0.6 is 0 Å². The highest BCUT2D eigenvalue weighted by molar-refractivity contribution is 5.76. The standard InChI is InChI=1S/C15H20F3N3O2/c1-9-6-20(7-10(2)23-9)14(22)8-21-12(11-3-4-11)5-13(19-21)15(16,17)18/h5,9-11H,3-4,6-8H2,1-2H3/t9-,10+. The van der Waals surface area contributed by atoms with E-state index in [1.807, 2.05) is 13.8 Å². The van der Waals surface area contributed by atoms with E-state index in [2.05, 4.69) is 5.10 Å². The van der Waals surface area contributed by atoms with Crippen LogP contribution in [0.1, 0.15) is 44.0 Å². The maximum absolute atomic E-state index is 12.9. The van der Waals surface area contributed by atoms with Gasteiger partial charge in [-0.05, 0) is 32.8 Å². The second kappa shape index (κ2) is 5.81. The van der Waals surface area contributed by atoms with E-state index in [1.54, 1.807) is 4.90 Å². The smallest absolute Gasteiger partial charge is 0.372 e. The normalized spacial score (nSPS) is 25.7. The number of morpholine rings is 1. The molecule has 1 aromatic heterocycles. The van der Waals surface area contributed by atoms with E-state index in [1.165, 1.54) is 4.68 Å². The highest BCUT2D eigenvalue weighted by atomic mass is 19.4. The molecule has 3 rings (SSSR count). The van der Waals surface area contributed by atoms with Crippen molar-refractivity contribution in [3.05, 3.63) is 17.5 Å². The summed E-state index contributed by atoms with van der Waals surface area (Å²) in [5.74, 6) is -0.125. The first-order valence-corrected chi connectivity index (χ1v) is 7.82. The number of rotatable bonds is 3. The first-order chi connectivity index (χ1) is 10.7. The molecule has 5 nitrogen and oxygen atoms in total. The molecule has 2 fully saturated rings. The van der Waals surface area contributed by atoms with E-state index in [4.69, 9.17) is 4.74 Å². The number of nitrogens with zero attached hydrogens (tertiary/aromatic N) is 3. The lowest BCUT2D eigenvalue weighted by molar-refractivity contribution is -0.145. The topological polar surface area (TPSA) is 47.4 Å². The molecule has 128 valence electrons. The lowest BCUT2D eigenvalue weighted by Crippen LogP contribution is -2.49. The Balaban J connectivity index is 1.76. The highest BCUT2D eigenvalue weighted by Gasteiger charge is 2.38. The van der Waals surface area contributed by atoms with Crippen molar-refractivity contribution in [2.75, 3.05) is 13.1 Å². The largest absolute Gasteiger partial charge is 0.435 e. The van der Waals surface area contributed by atoms with Crippen LogP contribution in [0.5, 0.6) is 0 Å². The Labute approximate surface area is 132 Å². The number of hydrogen-bond acceptors (Lipinski definition) is 3. The van der Waals surface area contributed by atoms with Crippen LogP contribution in [-0.4, -0.2) is 45.9 Å².